The molecule has 1 N–H and O–H groups in total. The van der Waals surface area contributed by atoms with Gasteiger partial charge >= 0.3 is 0 Å². The highest BCUT2D eigenvalue weighted by atomic mass is 35.5. The molecule has 166 valence electrons. The molecule has 0 fully saturated rings. The second-order valence-electron chi connectivity index (χ2n) is 7.74. The number of aromatic hydroxyl groups is 1. The summed E-state index contributed by atoms with van der Waals surface area (Å²) in [5.74, 6) is 0.267. The van der Waals surface area contributed by atoms with Gasteiger partial charge < -0.3 is 5.11 Å². The van der Waals surface area contributed by atoms with Gasteiger partial charge in [-0.25, -0.2) is 0 Å². The van der Waals surface area contributed by atoms with Crippen LogP contribution in [0.15, 0.2) is 77.0 Å². The Morgan fingerprint density at radius 3 is 2.32 bits per heavy atom. The topological polar surface area (TPSA) is 45.0 Å². The van der Waals surface area contributed by atoms with Crippen LogP contribution in [0.4, 0.5) is 11.4 Å². The summed E-state index contributed by atoms with van der Waals surface area (Å²) in [5.41, 5.74) is 2.46. The molecule has 2 aromatic rings. The minimum atomic E-state index is 0.267. The van der Waals surface area contributed by atoms with E-state index in [0.717, 1.165) is 30.5 Å². The maximum atomic E-state index is 9.87. The zero-order valence-corrected chi connectivity index (χ0v) is 19.4. The average Bonchev–Trinajstić information content (AvgIpc) is 2.77. The number of benzene rings is 2. The highest BCUT2D eigenvalue weighted by Crippen LogP contribution is 2.30. The minimum absolute atomic E-state index is 0.267. The summed E-state index contributed by atoms with van der Waals surface area (Å²) in [5, 5.41) is 19.1. The van der Waals surface area contributed by atoms with Gasteiger partial charge in [0.05, 0.1) is 10.7 Å². The standard InChI is InChI=1S/C27H35ClN2O/c1-2-3-4-5-6-7-8-9-10-11-12-13-14-17-23-22-24(31)20-21-26(23)29-30-27-19-16-15-18-25(27)28/h4-5,7-8,15-16,18-22,31H,2-3,6,9-14,17H2,1H3/b5-4+,8-7+,30-29?. The first-order valence-electron chi connectivity index (χ1n) is 11.5. The number of aryl methyl sites for hydroxylation is 1. The first kappa shape index (κ1) is 24.9. The van der Waals surface area contributed by atoms with E-state index in [1.54, 1.807) is 18.2 Å². The van der Waals surface area contributed by atoms with Crippen LogP contribution in [-0.2, 0) is 6.42 Å². The van der Waals surface area contributed by atoms with Crippen LogP contribution in [0.1, 0.15) is 70.3 Å². The number of phenolic OH excluding ortho intramolecular Hbond substituents is 1. The van der Waals surface area contributed by atoms with Crippen molar-refractivity contribution < 1.29 is 5.11 Å². The van der Waals surface area contributed by atoms with Crippen molar-refractivity contribution >= 4 is 23.0 Å². The lowest BCUT2D eigenvalue weighted by Crippen LogP contribution is -1.87. The molecule has 0 saturated heterocycles. The number of halogens is 1. The van der Waals surface area contributed by atoms with Gasteiger partial charge in [-0.1, -0.05) is 80.6 Å². The third kappa shape index (κ3) is 10.5. The molecule has 0 radical (unpaired) electrons. The van der Waals surface area contributed by atoms with E-state index in [1.165, 1.54) is 44.9 Å². The number of allylic oxidation sites excluding steroid dienone is 4. The molecular formula is C27H35ClN2O. The zero-order chi connectivity index (χ0) is 22.2. The molecule has 3 nitrogen and oxygen atoms in total. The lowest BCUT2D eigenvalue weighted by Gasteiger charge is -2.06. The number of unbranched alkanes of at least 4 members (excludes halogenated alkanes) is 6. The first-order valence-corrected chi connectivity index (χ1v) is 11.9. The Kier molecular flexibility index (Phi) is 12.4. The Morgan fingerprint density at radius 2 is 1.52 bits per heavy atom. The monoisotopic (exact) mass is 438 g/mol. The van der Waals surface area contributed by atoms with Crippen LogP contribution in [0.2, 0.25) is 5.02 Å². The van der Waals surface area contributed by atoms with Gasteiger partial charge in [0.25, 0.3) is 0 Å². The largest absolute Gasteiger partial charge is 0.508 e. The van der Waals surface area contributed by atoms with Crippen LogP contribution in [0.25, 0.3) is 0 Å². The number of rotatable bonds is 14. The molecular weight excluding hydrogens is 404 g/mol. The van der Waals surface area contributed by atoms with Crippen LogP contribution in [0.5, 0.6) is 5.75 Å². The fraction of sp³-hybridized carbons (Fsp3) is 0.407. The molecule has 0 saturated carbocycles. The number of phenols is 1. The van der Waals surface area contributed by atoms with E-state index in [-0.39, 0.29) is 5.75 Å². The van der Waals surface area contributed by atoms with E-state index in [1.807, 2.05) is 24.3 Å². The second kappa shape index (κ2) is 15.4. The summed E-state index contributed by atoms with van der Waals surface area (Å²) in [6, 6.07) is 12.7. The average molecular weight is 439 g/mol. The molecule has 0 atom stereocenters. The Balaban J connectivity index is 1.69. The van der Waals surface area contributed by atoms with Crippen LogP contribution in [0.3, 0.4) is 0 Å². The third-order valence-corrected chi connectivity index (χ3v) is 5.38. The first-order chi connectivity index (χ1) is 15.2. The van der Waals surface area contributed by atoms with Crippen LogP contribution >= 0.6 is 11.6 Å². The van der Waals surface area contributed by atoms with E-state index in [2.05, 4.69) is 41.5 Å². The molecule has 0 spiro atoms. The fourth-order valence-electron chi connectivity index (χ4n) is 3.29. The zero-order valence-electron chi connectivity index (χ0n) is 18.6. The van der Waals surface area contributed by atoms with Gasteiger partial charge in [0.15, 0.2) is 0 Å². The molecule has 0 aromatic heterocycles. The summed E-state index contributed by atoms with van der Waals surface area (Å²) in [6.45, 7) is 2.20. The Hall–Kier alpha value is -2.39. The van der Waals surface area contributed by atoms with Crippen LogP contribution < -0.4 is 0 Å². The molecule has 0 aliphatic heterocycles. The van der Waals surface area contributed by atoms with Crippen molar-refractivity contribution in [3.8, 4) is 5.75 Å². The maximum absolute atomic E-state index is 9.87. The molecule has 0 bridgehead atoms. The minimum Gasteiger partial charge on any atom is -0.508 e. The number of hydrogen-bond acceptors (Lipinski definition) is 3. The summed E-state index contributed by atoms with van der Waals surface area (Å²) in [6.07, 6.45) is 20.6. The molecule has 0 aliphatic rings. The predicted octanol–water partition coefficient (Wildman–Crippen LogP) is 9.65. The van der Waals surface area contributed by atoms with Gasteiger partial charge in [-0.15, -0.1) is 5.11 Å². The SMILES string of the molecule is CCC/C=C/C/C=C/CCCCCCCc1cc(O)ccc1N=Nc1ccccc1Cl. The smallest absolute Gasteiger partial charge is 0.116 e. The number of nitrogens with zero attached hydrogens (tertiary/aromatic N) is 2. The molecule has 0 unspecified atom stereocenters. The highest BCUT2D eigenvalue weighted by Gasteiger charge is 2.04. The van der Waals surface area contributed by atoms with E-state index < -0.39 is 0 Å². The van der Waals surface area contributed by atoms with Crippen LogP contribution in [-0.4, -0.2) is 5.11 Å². The van der Waals surface area contributed by atoms with E-state index >= 15 is 0 Å². The van der Waals surface area contributed by atoms with Gasteiger partial charge in [-0.2, -0.15) is 5.11 Å². The van der Waals surface area contributed by atoms with Crippen molar-refractivity contribution in [2.24, 2.45) is 10.2 Å². The van der Waals surface area contributed by atoms with Crippen molar-refractivity contribution in [2.45, 2.75) is 71.1 Å². The number of azo groups is 1. The molecule has 0 heterocycles. The lowest BCUT2D eigenvalue weighted by atomic mass is 10.0. The molecule has 0 aliphatic carbocycles. The van der Waals surface area contributed by atoms with E-state index in [0.29, 0.717) is 10.7 Å². The lowest BCUT2D eigenvalue weighted by molar-refractivity contribution is 0.474. The molecule has 31 heavy (non-hydrogen) atoms. The quantitative estimate of drug-likeness (QED) is 0.178. The van der Waals surface area contributed by atoms with Gasteiger partial charge in [-0.05, 0) is 74.4 Å². The van der Waals surface area contributed by atoms with E-state index in [9.17, 15) is 5.11 Å². The van der Waals surface area contributed by atoms with Crippen molar-refractivity contribution in [1.82, 2.24) is 0 Å². The third-order valence-electron chi connectivity index (χ3n) is 5.06. The van der Waals surface area contributed by atoms with Gasteiger partial charge in [0.1, 0.15) is 11.4 Å². The second-order valence-corrected chi connectivity index (χ2v) is 8.15. The molecule has 0 amide bonds. The van der Waals surface area contributed by atoms with Crippen molar-refractivity contribution in [3.63, 3.8) is 0 Å². The predicted molar refractivity (Wildman–Crippen MR) is 133 cm³/mol. The Labute approximate surface area is 192 Å². The van der Waals surface area contributed by atoms with E-state index in [4.69, 9.17) is 11.6 Å². The highest BCUT2D eigenvalue weighted by molar-refractivity contribution is 6.32. The van der Waals surface area contributed by atoms with Crippen molar-refractivity contribution in [1.29, 1.82) is 0 Å². The molecule has 4 heteroatoms. The molecule has 2 aromatic carbocycles. The van der Waals surface area contributed by atoms with Gasteiger partial charge in [-0.3, -0.25) is 0 Å². The van der Waals surface area contributed by atoms with Crippen molar-refractivity contribution in [2.75, 3.05) is 0 Å². The summed E-state index contributed by atoms with van der Waals surface area (Å²) in [7, 11) is 0. The summed E-state index contributed by atoms with van der Waals surface area (Å²) in [4.78, 5) is 0. The maximum Gasteiger partial charge on any atom is 0.116 e. The van der Waals surface area contributed by atoms with Gasteiger partial charge in [0, 0.05) is 0 Å². The number of hydrogen-bond donors (Lipinski definition) is 1. The Morgan fingerprint density at radius 1 is 0.806 bits per heavy atom. The van der Waals surface area contributed by atoms with Crippen LogP contribution in [0, 0.1) is 0 Å². The van der Waals surface area contributed by atoms with Gasteiger partial charge in [0.2, 0.25) is 0 Å². The normalized spacial score (nSPS) is 11.9. The fourth-order valence-corrected chi connectivity index (χ4v) is 3.47. The summed E-state index contributed by atoms with van der Waals surface area (Å²) >= 11 is 6.15. The summed E-state index contributed by atoms with van der Waals surface area (Å²) < 4.78 is 0. The Bertz CT molecular complexity index is 858. The van der Waals surface area contributed by atoms with Crippen molar-refractivity contribution in [3.05, 3.63) is 77.4 Å². The molecule has 2 rings (SSSR count).